The van der Waals surface area contributed by atoms with Gasteiger partial charge in [-0.3, -0.25) is 0 Å². The second kappa shape index (κ2) is 6.66. The first-order valence-corrected chi connectivity index (χ1v) is 5.34. The van der Waals surface area contributed by atoms with Crippen LogP contribution in [0.4, 0.5) is 0 Å². The molecule has 0 saturated carbocycles. The van der Waals surface area contributed by atoms with Crippen LogP contribution in [0, 0.1) is 0 Å². The van der Waals surface area contributed by atoms with Gasteiger partial charge in [0.15, 0.2) is 5.84 Å². The molecule has 16 heavy (non-hydrogen) atoms. The molecule has 0 saturated heterocycles. The quantitative estimate of drug-likeness (QED) is 0.253. The first-order valence-electron chi connectivity index (χ1n) is 5.34. The Morgan fingerprint density at radius 2 is 2.31 bits per heavy atom. The van der Waals surface area contributed by atoms with Crippen LogP contribution in [0.5, 0.6) is 5.75 Å². The Kier molecular flexibility index (Phi) is 5.11. The summed E-state index contributed by atoms with van der Waals surface area (Å²) in [6.45, 7) is 2.84. The van der Waals surface area contributed by atoms with E-state index in [1.165, 1.54) is 6.42 Å². The van der Waals surface area contributed by atoms with E-state index in [4.69, 9.17) is 15.7 Å². The number of aromatic nitrogens is 1. The van der Waals surface area contributed by atoms with Crippen LogP contribution in [0.15, 0.2) is 23.5 Å². The zero-order valence-corrected chi connectivity index (χ0v) is 9.39. The number of pyridine rings is 1. The Morgan fingerprint density at radius 1 is 1.50 bits per heavy atom. The molecule has 5 nitrogen and oxygen atoms in total. The Bertz CT molecular complexity index is 336. The summed E-state index contributed by atoms with van der Waals surface area (Å²) in [6, 6.07) is 3.41. The summed E-state index contributed by atoms with van der Waals surface area (Å²) in [5, 5.41) is 11.3. The number of hydrogen-bond donors (Lipinski definition) is 2. The number of rotatable bonds is 6. The summed E-state index contributed by atoms with van der Waals surface area (Å²) < 4.78 is 5.47. The predicted octanol–water partition coefficient (Wildman–Crippen LogP) is 1.75. The van der Waals surface area contributed by atoms with Gasteiger partial charge in [-0.1, -0.05) is 24.9 Å². The average Bonchev–Trinajstić information content (AvgIpc) is 2.34. The fraction of sp³-hybridized carbons (Fsp3) is 0.455. The molecule has 88 valence electrons. The van der Waals surface area contributed by atoms with E-state index in [1.54, 1.807) is 18.3 Å². The maximum absolute atomic E-state index is 8.45. The van der Waals surface area contributed by atoms with E-state index in [9.17, 15) is 0 Å². The zero-order chi connectivity index (χ0) is 11.8. The van der Waals surface area contributed by atoms with E-state index in [1.807, 2.05) is 0 Å². The molecule has 1 aromatic rings. The van der Waals surface area contributed by atoms with E-state index in [0.717, 1.165) is 12.8 Å². The number of nitrogens with two attached hydrogens (primary N) is 1. The minimum absolute atomic E-state index is 0.00228. The van der Waals surface area contributed by atoms with E-state index >= 15 is 0 Å². The third-order valence-corrected chi connectivity index (χ3v) is 2.12. The number of nitrogens with zero attached hydrogens (tertiary/aromatic N) is 2. The molecule has 0 aliphatic carbocycles. The Morgan fingerprint density at radius 3 is 2.88 bits per heavy atom. The lowest BCUT2D eigenvalue weighted by Gasteiger charge is -2.05. The molecule has 0 bridgehead atoms. The SMILES string of the molecule is CCCCCOc1ccc(/C(N)=N/O)nc1. The van der Waals surface area contributed by atoms with Crippen molar-refractivity contribution >= 4 is 5.84 Å². The van der Waals surface area contributed by atoms with Gasteiger partial charge >= 0.3 is 0 Å². The smallest absolute Gasteiger partial charge is 0.188 e. The molecular weight excluding hydrogens is 206 g/mol. The standard InChI is InChI=1S/C11H17N3O2/c1-2-3-4-7-16-9-5-6-10(13-8-9)11(12)14-15/h5-6,8,15H,2-4,7H2,1H3,(H2,12,14). The molecule has 3 N–H and O–H groups in total. The summed E-state index contributed by atoms with van der Waals surface area (Å²) in [6.07, 6.45) is 4.94. The number of oxime groups is 1. The van der Waals surface area contributed by atoms with Crippen molar-refractivity contribution in [2.75, 3.05) is 6.61 Å². The van der Waals surface area contributed by atoms with Crippen LogP contribution in [0.3, 0.4) is 0 Å². The van der Waals surface area contributed by atoms with Gasteiger partial charge < -0.3 is 15.7 Å². The number of unbranched alkanes of at least 4 members (excludes halogenated alkanes) is 2. The molecule has 5 heteroatoms. The Labute approximate surface area is 94.9 Å². The summed E-state index contributed by atoms with van der Waals surface area (Å²) in [4.78, 5) is 4.01. The molecule has 0 amide bonds. The second-order valence-corrected chi connectivity index (χ2v) is 3.42. The van der Waals surface area contributed by atoms with Gasteiger partial charge in [0.2, 0.25) is 0 Å². The van der Waals surface area contributed by atoms with Crippen molar-refractivity contribution in [2.24, 2.45) is 10.9 Å². The first-order chi connectivity index (χ1) is 7.77. The molecule has 1 rings (SSSR count). The number of amidine groups is 1. The maximum atomic E-state index is 8.45. The average molecular weight is 223 g/mol. The highest BCUT2D eigenvalue weighted by atomic mass is 16.5. The lowest BCUT2D eigenvalue weighted by Crippen LogP contribution is -2.14. The molecule has 0 unspecified atom stereocenters. The molecule has 0 aliphatic heterocycles. The largest absolute Gasteiger partial charge is 0.492 e. The minimum Gasteiger partial charge on any atom is -0.492 e. The van der Waals surface area contributed by atoms with Crippen LogP contribution in [-0.4, -0.2) is 22.6 Å². The lowest BCUT2D eigenvalue weighted by molar-refractivity contribution is 0.305. The maximum Gasteiger partial charge on any atom is 0.188 e. The van der Waals surface area contributed by atoms with Gasteiger partial charge in [0.25, 0.3) is 0 Å². The molecule has 0 aromatic carbocycles. The number of hydrogen-bond acceptors (Lipinski definition) is 4. The van der Waals surface area contributed by atoms with Crippen molar-refractivity contribution < 1.29 is 9.94 Å². The summed E-state index contributed by atoms with van der Waals surface area (Å²) in [5.74, 6) is 0.697. The van der Waals surface area contributed by atoms with Gasteiger partial charge in [-0.2, -0.15) is 0 Å². The van der Waals surface area contributed by atoms with Crippen molar-refractivity contribution in [1.29, 1.82) is 0 Å². The molecule has 1 heterocycles. The summed E-state index contributed by atoms with van der Waals surface area (Å²) in [7, 11) is 0. The van der Waals surface area contributed by atoms with E-state index in [-0.39, 0.29) is 5.84 Å². The van der Waals surface area contributed by atoms with Gasteiger partial charge in [0.1, 0.15) is 11.4 Å². The van der Waals surface area contributed by atoms with Crippen molar-refractivity contribution in [1.82, 2.24) is 4.98 Å². The second-order valence-electron chi connectivity index (χ2n) is 3.42. The van der Waals surface area contributed by atoms with Crippen LogP contribution in [-0.2, 0) is 0 Å². The topological polar surface area (TPSA) is 80.7 Å². The van der Waals surface area contributed by atoms with E-state index in [0.29, 0.717) is 18.1 Å². The van der Waals surface area contributed by atoms with Crippen LogP contribution >= 0.6 is 0 Å². The molecule has 0 fully saturated rings. The monoisotopic (exact) mass is 223 g/mol. The fourth-order valence-corrected chi connectivity index (χ4v) is 1.21. The third-order valence-electron chi connectivity index (χ3n) is 2.12. The van der Waals surface area contributed by atoms with Gasteiger partial charge in [0.05, 0.1) is 12.8 Å². The van der Waals surface area contributed by atoms with Crippen LogP contribution in [0.25, 0.3) is 0 Å². The Balaban J connectivity index is 2.45. The minimum atomic E-state index is -0.00228. The highest BCUT2D eigenvalue weighted by Gasteiger charge is 2.01. The van der Waals surface area contributed by atoms with E-state index in [2.05, 4.69) is 17.1 Å². The molecule has 0 atom stereocenters. The van der Waals surface area contributed by atoms with Gasteiger partial charge in [0, 0.05) is 0 Å². The summed E-state index contributed by atoms with van der Waals surface area (Å²) >= 11 is 0. The predicted molar refractivity (Wildman–Crippen MR) is 61.8 cm³/mol. The van der Waals surface area contributed by atoms with Crippen LogP contribution in [0.1, 0.15) is 31.9 Å². The summed E-state index contributed by atoms with van der Waals surface area (Å²) in [5.41, 5.74) is 5.81. The van der Waals surface area contributed by atoms with E-state index < -0.39 is 0 Å². The van der Waals surface area contributed by atoms with Crippen molar-refractivity contribution in [3.63, 3.8) is 0 Å². The van der Waals surface area contributed by atoms with Crippen molar-refractivity contribution in [2.45, 2.75) is 26.2 Å². The normalized spacial score (nSPS) is 11.4. The van der Waals surface area contributed by atoms with Crippen molar-refractivity contribution in [3.8, 4) is 5.75 Å². The van der Waals surface area contributed by atoms with Crippen molar-refractivity contribution in [3.05, 3.63) is 24.0 Å². The fourth-order valence-electron chi connectivity index (χ4n) is 1.21. The lowest BCUT2D eigenvalue weighted by atomic mass is 10.3. The first kappa shape index (κ1) is 12.3. The highest BCUT2D eigenvalue weighted by Crippen LogP contribution is 2.09. The highest BCUT2D eigenvalue weighted by molar-refractivity contribution is 5.95. The van der Waals surface area contributed by atoms with Gasteiger partial charge in [-0.25, -0.2) is 4.98 Å². The number of ether oxygens (including phenoxy) is 1. The van der Waals surface area contributed by atoms with Crippen LogP contribution < -0.4 is 10.5 Å². The molecule has 0 spiro atoms. The molecule has 0 radical (unpaired) electrons. The third kappa shape index (κ3) is 3.76. The Hall–Kier alpha value is -1.78. The van der Waals surface area contributed by atoms with Crippen LogP contribution in [0.2, 0.25) is 0 Å². The molecular formula is C11H17N3O2. The zero-order valence-electron chi connectivity index (χ0n) is 9.39. The molecule has 1 aromatic heterocycles. The molecule has 0 aliphatic rings. The van der Waals surface area contributed by atoms with Gasteiger partial charge in [-0.05, 0) is 18.6 Å². The van der Waals surface area contributed by atoms with Gasteiger partial charge in [-0.15, -0.1) is 0 Å².